The molecule has 2 atom stereocenters. The number of hydrogen-bond donors (Lipinski definition) is 3. The molecule has 0 bridgehead atoms. The molecule has 0 spiro atoms. The van der Waals surface area contributed by atoms with Crippen LogP contribution in [0.3, 0.4) is 0 Å². The smallest absolute Gasteiger partial charge is 0.315 e. The third-order valence-electron chi connectivity index (χ3n) is 6.60. The molecule has 0 radical (unpaired) electrons. The van der Waals surface area contributed by atoms with Gasteiger partial charge in [-0.1, -0.05) is 81.8 Å². The van der Waals surface area contributed by atoms with Gasteiger partial charge < -0.3 is 20.6 Å². The zero-order valence-electron chi connectivity index (χ0n) is 19.8. The predicted molar refractivity (Wildman–Crippen MR) is 131 cm³/mol. The maximum absolute atomic E-state index is 13.4. The number of nitrogens with zero attached hydrogens (tertiary/aromatic N) is 1. The fourth-order valence-electron chi connectivity index (χ4n) is 4.45. The Morgan fingerprint density at radius 3 is 2.30 bits per heavy atom. The normalized spacial score (nSPS) is 20.9. The van der Waals surface area contributed by atoms with Gasteiger partial charge in [-0.25, -0.2) is 4.79 Å². The molecule has 0 aromatic heterocycles. The van der Waals surface area contributed by atoms with Crippen LogP contribution < -0.4 is 10.6 Å². The van der Waals surface area contributed by atoms with Gasteiger partial charge >= 0.3 is 6.03 Å². The summed E-state index contributed by atoms with van der Waals surface area (Å²) in [4.78, 5) is 27.7. The Hall–Kier alpha value is -2.57. The monoisotopic (exact) mass is 471 g/mol. The molecule has 1 aliphatic rings. The third-order valence-corrected chi connectivity index (χ3v) is 6.85. The SMILES string of the molecule is CC(C)[C@@H](NC(=O)NCc1ccccc1)C(=O)N1CC[C@](O)(c2ccc(Cl)cc2)C(C)(C)C1. The number of carbonyl (C=O) groups excluding carboxylic acids is 2. The number of piperidine rings is 1. The lowest BCUT2D eigenvalue weighted by Gasteiger charge is -2.51. The zero-order valence-corrected chi connectivity index (χ0v) is 20.5. The molecule has 3 rings (SSSR count). The van der Waals surface area contributed by atoms with E-state index in [0.29, 0.717) is 31.1 Å². The average Bonchev–Trinajstić information content (AvgIpc) is 2.78. The van der Waals surface area contributed by atoms with E-state index >= 15 is 0 Å². The van der Waals surface area contributed by atoms with Crippen molar-refractivity contribution < 1.29 is 14.7 Å². The largest absolute Gasteiger partial charge is 0.384 e. The first-order valence-corrected chi connectivity index (χ1v) is 11.8. The van der Waals surface area contributed by atoms with Crippen molar-refractivity contribution in [1.82, 2.24) is 15.5 Å². The van der Waals surface area contributed by atoms with Crippen molar-refractivity contribution in [2.75, 3.05) is 13.1 Å². The molecular formula is C26H34ClN3O3. The van der Waals surface area contributed by atoms with Crippen LogP contribution in [0.1, 0.15) is 45.2 Å². The van der Waals surface area contributed by atoms with E-state index in [-0.39, 0.29) is 17.9 Å². The van der Waals surface area contributed by atoms with Crippen LogP contribution >= 0.6 is 11.6 Å². The maximum atomic E-state index is 13.4. The second-order valence-corrected chi connectivity index (χ2v) is 10.2. The van der Waals surface area contributed by atoms with Gasteiger partial charge in [-0.3, -0.25) is 4.79 Å². The number of hydrogen-bond acceptors (Lipinski definition) is 3. The van der Waals surface area contributed by atoms with E-state index in [2.05, 4.69) is 10.6 Å². The van der Waals surface area contributed by atoms with Crippen LogP contribution in [0.2, 0.25) is 5.02 Å². The van der Waals surface area contributed by atoms with Gasteiger partial charge in [0.2, 0.25) is 5.91 Å². The Bertz CT molecular complexity index is 963. The summed E-state index contributed by atoms with van der Waals surface area (Å²) in [5.74, 6) is -0.216. The molecular weight excluding hydrogens is 438 g/mol. The van der Waals surface area contributed by atoms with Crippen molar-refractivity contribution in [3.05, 3.63) is 70.7 Å². The van der Waals surface area contributed by atoms with Crippen LogP contribution in [0, 0.1) is 11.3 Å². The highest BCUT2D eigenvalue weighted by Gasteiger charge is 2.50. The minimum atomic E-state index is -1.08. The lowest BCUT2D eigenvalue weighted by molar-refractivity contribution is -0.155. The number of carbonyl (C=O) groups is 2. The minimum absolute atomic E-state index is 0.0832. The molecule has 0 aliphatic carbocycles. The highest BCUT2D eigenvalue weighted by Crippen LogP contribution is 2.46. The lowest BCUT2D eigenvalue weighted by Crippen LogP contribution is -2.61. The number of halogens is 1. The summed E-state index contributed by atoms with van der Waals surface area (Å²) >= 11 is 6.02. The first-order chi connectivity index (χ1) is 15.5. The molecule has 3 N–H and O–H groups in total. The van der Waals surface area contributed by atoms with Crippen LogP contribution in [0.5, 0.6) is 0 Å². The van der Waals surface area contributed by atoms with E-state index < -0.39 is 17.1 Å². The number of likely N-dealkylation sites (tertiary alicyclic amines) is 1. The Kier molecular flexibility index (Phi) is 7.70. The van der Waals surface area contributed by atoms with E-state index in [9.17, 15) is 14.7 Å². The molecule has 7 heteroatoms. The van der Waals surface area contributed by atoms with Gasteiger partial charge in [0.25, 0.3) is 0 Å². The average molecular weight is 472 g/mol. The molecule has 1 saturated heterocycles. The van der Waals surface area contributed by atoms with Crippen LogP contribution in [-0.4, -0.2) is 41.1 Å². The summed E-state index contributed by atoms with van der Waals surface area (Å²) in [6, 6.07) is 15.8. The molecule has 0 unspecified atom stereocenters. The fraction of sp³-hybridized carbons (Fsp3) is 0.462. The summed E-state index contributed by atoms with van der Waals surface area (Å²) in [6.07, 6.45) is 0.401. The summed E-state index contributed by atoms with van der Waals surface area (Å²) in [7, 11) is 0. The maximum Gasteiger partial charge on any atom is 0.315 e. The first-order valence-electron chi connectivity index (χ1n) is 11.4. The quantitative estimate of drug-likeness (QED) is 0.587. The highest BCUT2D eigenvalue weighted by molar-refractivity contribution is 6.30. The summed E-state index contributed by atoms with van der Waals surface area (Å²) < 4.78 is 0. The highest BCUT2D eigenvalue weighted by atomic mass is 35.5. The number of aliphatic hydroxyl groups is 1. The molecule has 33 heavy (non-hydrogen) atoms. The number of nitrogens with one attached hydrogen (secondary N) is 2. The molecule has 178 valence electrons. The molecule has 2 aromatic rings. The molecule has 3 amide bonds. The van der Waals surface area contributed by atoms with E-state index in [1.54, 1.807) is 17.0 Å². The van der Waals surface area contributed by atoms with Crippen molar-refractivity contribution in [3.8, 4) is 0 Å². The Morgan fingerprint density at radius 1 is 1.09 bits per heavy atom. The standard InChI is InChI=1S/C26H34ClN3O3/c1-18(2)22(29-24(32)28-16-19-8-6-5-7-9-19)23(31)30-15-14-26(33,25(3,4)17-30)20-10-12-21(27)13-11-20/h5-13,18,22,33H,14-17H2,1-4H3,(H2,28,29,32)/t22-,26+/m1/s1. The van der Waals surface area contributed by atoms with Gasteiger partial charge in [-0.05, 0) is 35.6 Å². The fourth-order valence-corrected chi connectivity index (χ4v) is 4.58. The second-order valence-electron chi connectivity index (χ2n) is 9.80. The van der Waals surface area contributed by atoms with E-state index in [0.717, 1.165) is 11.1 Å². The van der Waals surface area contributed by atoms with Crippen molar-refractivity contribution in [2.24, 2.45) is 11.3 Å². The van der Waals surface area contributed by atoms with Crippen LogP contribution in [-0.2, 0) is 16.9 Å². The van der Waals surface area contributed by atoms with Crippen LogP contribution in [0.25, 0.3) is 0 Å². The van der Waals surface area contributed by atoms with Crippen molar-refractivity contribution in [2.45, 2.75) is 52.3 Å². The summed E-state index contributed by atoms with van der Waals surface area (Å²) in [5.41, 5.74) is 0.107. The third kappa shape index (κ3) is 5.68. The van der Waals surface area contributed by atoms with Gasteiger partial charge in [0, 0.05) is 30.1 Å². The van der Waals surface area contributed by atoms with Crippen LogP contribution in [0.15, 0.2) is 54.6 Å². The lowest BCUT2D eigenvalue weighted by atomic mass is 9.66. The Labute approximate surface area is 201 Å². The molecule has 2 aromatic carbocycles. The summed E-state index contributed by atoms with van der Waals surface area (Å²) in [5, 5.41) is 17.9. The molecule has 1 fully saturated rings. The van der Waals surface area contributed by atoms with Gasteiger partial charge in [0.15, 0.2) is 0 Å². The molecule has 6 nitrogen and oxygen atoms in total. The van der Waals surface area contributed by atoms with Gasteiger partial charge in [-0.2, -0.15) is 0 Å². The van der Waals surface area contributed by atoms with Crippen LogP contribution in [0.4, 0.5) is 4.79 Å². The van der Waals surface area contributed by atoms with Gasteiger partial charge in [-0.15, -0.1) is 0 Å². The molecule has 0 saturated carbocycles. The van der Waals surface area contributed by atoms with Gasteiger partial charge in [0.05, 0.1) is 5.60 Å². The minimum Gasteiger partial charge on any atom is -0.384 e. The zero-order chi connectivity index (χ0) is 24.2. The van der Waals surface area contributed by atoms with Crippen molar-refractivity contribution in [3.63, 3.8) is 0 Å². The number of rotatable bonds is 6. The second kappa shape index (κ2) is 10.1. The number of urea groups is 1. The first kappa shape index (κ1) is 25.1. The van der Waals surface area contributed by atoms with Crippen molar-refractivity contribution >= 4 is 23.5 Å². The van der Waals surface area contributed by atoms with Gasteiger partial charge in [0.1, 0.15) is 6.04 Å². The molecule has 1 heterocycles. The number of amides is 3. The van der Waals surface area contributed by atoms with E-state index in [4.69, 9.17) is 11.6 Å². The summed E-state index contributed by atoms with van der Waals surface area (Å²) in [6.45, 7) is 8.92. The topological polar surface area (TPSA) is 81.7 Å². The number of benzene rings is 2. The van der Waals surface area contributed by atoms with Crippen molar-refractivity contribution in [1.29, 1.82) is 0 Å². The predicted octanol–water partition coefficient (Wildman–Crippen LogP) is 4.31. The Morgan fingerprint density at radius 2 is 1.73 bits per heavy atom. The van der Waals surface area contributed by atoms with E-state index in [1.807, 2.05) is 70.2 Å². The molecule has 1 aliphatic heterocycles. The Balaban J connectivity index is 1.67. The van der Waals surface area contributed by atoms with E-state index in [1.165, 1.54) is 0 Å².